The average molecular weight is 579 g/mol. The standard InChI is InChI=1S/C25H25F3N6O5S/c1-14-2-5-19(31-12-14)34-21(23(36)30-8-9-40(29,37)38)20-18(33-34)11-24(32-22(20)35)7-6-15-10-16(3-4-17(15)24)39-13-25(26,27)28/h2-5,10,12H,6-9,11,13H2,1H3,(H,30,36)(H,32,35)(H2,29,37,38)/t24-/m0/s1. The van der Waals surface area contributed by atoms with Crippen molar-refractivity contribution < 1.29 is 35.9 Å². The summed E-state index contributed by atoms with van der Waals surface area (Å²) in [5, 5.41) is 15.1. The molecular weight excluding hydrogens is 553 g/mol. The van der Waals surface area contributed by atoms with E-state index in [0.717, 1.165) is 16.7 Å². The van der Waals surface area contributed by atoms with Crippen LogP contribution in [0.1, 0.15) is 49.7 Å². The summed E-state index contributed by atoms with van der Waals surface area (Å²) < 4.78 is 66.6. The van der Waals surface area contributed by atoms with Crippen molar-refractivity contribution in [2.75, 3.05) is 18.9 Å². The van der Waals surface area contributed by atoms with Crippen LogP contribution < -0.4 is 20.5 Å². The molecule has 5 rings (SSSR count). The van der Waals surface area contributed by atoms with Crippen LogP contribution in [-0.2, 0) is 28.4 Å². The Morgan fingerprint density at radius 3 is 2.73 bits per heavy atom. The van der Waals surface area contributed by atoms with Gasteiger partial charge in [-0.3, -0.25) is 9.59 Å². The number of nitrogens with two attached hydrogens (primary N) is 1. The third-order valence-corrected chi connectivity index (χ3v) is 7.60. The summed E-state index contributed by atoms with van der Waals surface area (Å²) >= 11 is 0. The Kier molecular flexibility index (Phi) is 6.82. The predicted molar refractivity (Wildman–Crippen MR) is 136 cm³/mol. The zero-order valence-corrected chi connectivity index (χ0v) is 22.0. The van der Waals surface area contributed by atoms with E-state index in [1.54, 1.807) is 24.4 Å². The first-order valence-electron chi connectivity index (χ1n) is 12.2. The first-order valence-corrected chi connectivity index (χ1v) is 14.0. The number of pyridine rings is 1. The molecule has 1 spiro atoms. The highest BCUT2D eigenvalue weighted by atomic mass is 32.2. The van der Waals surface area contributed by atoms with Gasteiger partial charge in [-0.25, -0.2) is 23.2 Å². The van der Waals surface area contributed by atoms with Gasteiger partial charge in [0, 0.05) is 19.2 Å². The molecule has 2 amide bonds. The number of halogens is 3. The molecule has 1 aliphatic heterocycles. The second kappa shape index (κ2) is 9.89. The molecule has 2 aliphatic rings. The molecule has 0 saturated carbocycles. The van der Waals surface area contributed by atoms with Gasteiger partial charge in [0.1, 0.15) is 11.4 Å². The molecule has 0 saturated heterocycles. The number of ether oxygens (including phenoxy) is 1. The van der Waals surface area contributed by atoms with Gasteiger partial charge in [-0.2, -0.15) is 18.3 Å². The number of aromatic nitrogens is 3. The summed E-state index contributed by atoms with van der Waals surface area (Å²) in [6.45, 7) is 0.139. The summed E-state index contributed by atoms with van der Waals surface area (Å²) in [6.07, 6.45) is -1.75. The lowest BCUT2D eigenvalue weighted by Crippen LogP contribution is -2.50. The monoisotopic (exact) mass is 578 g/mol. The normalized spacial score (nSPS) is 18.3. The van der Waals surface area contributed by atoms with Crippen LogP contribution in [0.3, 0.4) is 0 Å². The molecule has 1 aromatic carbocycles. The van der Waals surface area contributed by atoms with Crippen molar-refractivity contribution in [1.82, 2.24) is 25.4 Å². The molecule has 15 heteroatoms. The van der Waals surface area contributed by atoms with Crippen LogP contribution in [0, 0.1) is 6.92 Å². The zero-order chi connectivity index (χ0) is 28.9. The third-order valence-electron chi connectivity index (χ3n) is 6.82. The number of fused-ring (bicyclic) bond motifs is 3. The number of hydrogen-bond acceptors (Lipinski definition) is 7. The van der Waals surface area contributed by atoms with Gasteiger partial charge in [-0.15, -0.1) is 0 Å². The van der Waals surface area contributed by atoms with Crippen molar-refractivity contribution in [1.29, 1.82) is 0 Å². The molecule has 0 fully saturated rings. The summed E-state index contributed by atoms with van der Waals surface area (Å²) in [5.41, 5.74) is 1.69. The second-order valence-electron chi connectivity index (χ2n) is 9.83. The Labute approximate surface area is 227 Å². The van der Waals surface area contributed by atoms with Gasteiger partial charge in [0.2, 0.25) is 10.0 Å². The lowest BCUT2D eigenvalue weighted by atomic mass is 9.82. The number of benzene rings is 1. The molecule has 40 heavy (non-hydrogen) atoms. The van der Waals surface area contributed by atoms with Gasteiger partial charge in [-0.1, -0.05) is 12.1 Å². The van der Waals surface area contributed by atoms with Crippen LogP contribution in [0.5, 0.6) is 5.75 Å². The van der Waals surface area contributed by atoms with Crippen LogP contribution in [-0.4, -0.2) is 60.1 Å². The fourth-order valence-corrected chi connectivity index (χ4v) is 5.47. The number of nitrogens with one attached hydrogen (secondary N) is 2. The third kappa shape index (κ3) is 5.51. The van der Waals surface area contributed by atoms with E-state index in [1.165, 1.54) is 16.8 Å². The molecule has 1 aliphatic carbocycles. The minimum Gasteiger partial charge on any atom is -0.484 e. The molecule has 0 radical (unpaired) electrons. The summed E-state index contributed by atoms with van der Waals surface area (Å²) in [5.74, 6) is -1.45. The van der Waals surface area contributed by atoms with Crippen molar-refractivity contribution in [2.24, 2.45) is 5.14 Å². The van der Waals surface area contributed by atoms with E-state index in [0.29, 0.717) is 18.5 Å². The highest BCUT2D eigenvalue weighted by Crippen LogP contribution is 2.44. The molecule has 0 bridgehead atoms. The first kappa shape index (κ1) is 27.6. The van der Waals surface area contributed by atoms with E-state index >= 15 is 0 Å². The van der Waals surface area contributed by atoms with E-state index in [1.807, 2.05) is 6.92 Å². The minimum absolute atomic E-state index is 0.0275. The largest absolute Gasteiger partial charge is 0.484 e. The minimum atomic E-state index is -4.47. The number of aryl methyl sites for hydroxylation is 2. The Morgan fingerprint density at radius 2 is 2.05 bits per heavy atom. The van der Waals surface area contributed by atoms with Gasteiger partial charge in [0.05, 0.1) is 22.5 Å². The van der Waals surface area contributed by atoms with Gasteiger partial charge in [0.25, 0.3) is 11.8 Å². The number of alkyl halides is 3. The van der Waals surface area contributed by atoms with Crippen molar-refractivity contribution in [3.05, 3.63) is 70.2 Å². The second-order valence-corrected chi connectivity index (χ2v) is 11.6. The molecule has 212 valence electrons. The Bertz CT molecular complexity index is 1600. The maximum absolute atomic E-state index is 13.6. The quantitative estimate of drug-likeness (QED) is 0.385. The number of primary sulfonamides is 1. The molecular formula is C25H25F3N6O5S. The van der Waals surface area contributed by atoms with Gasteiger partial charge in [0.15, 0.2) is 12.4 Å². The molecule has 4 N–H and O–H groups in total. The van der Waals surface area contributed by atoms with Crippen molar-refractivity contribution >= 4 is 21.8 Å². The average Bonchev–Trinajstić information content (AvgIpc) is 3.41. The number of rotatable bonds is 7. The van der Waals surface area contributed by atoms with Crippen LogP contribution >= 0.6 is 0 Å². The maximum atomic E-state index is 13.6. The fourth-order valence-electron chi connectivity index (χ4n) is 5.08. The number of sulfonamides is 1. The highest BCUT2D eigenvalue weighted by molar-refractivity contribution is 7.89. The van der Waals surface area contributed by atoms with E-state index in [-0.39, 0.29) is 35.8 Å². The number of nitrogens with zero attached hydrogens (tertiary/aromatic N) is 3. The SMILES string of the molecule is Cc1ccc(-n2nc3c(c2C(=O)NCCS(N)(=O)=O)C(=O)N[C@@]2(CCc4cc(OCC(F)(F)F)ccc42)C3)nc1. The van der Waals surface area contributed by atoms with Crippen LogP contribution in [0.15, 0.2) is 36.5 Å². The van der Waals surface area contributed by atoms with E-state index < -0.39 is 45.9 Å². The number of hydrogen-bond donors (Lipinski definition) is 3. The number of carbonyl (C=O) groups excluding carboxylic acids is 2. The van der Waals surface area contributed by atoms with E-state index in [4.69, 9.17) is 9.88 Å². The smallest absolute Gasteiger partial charge is 0.422 e. The summed E-state index contributed by atoms with van der Waals surface area (Å²) in [4.78, 5) is 31.1. The lowest BCUT2D eigenvalue weighted by molar-refractivity contribution is -0.153. The Hall–Kier alpha value is -3.98. The summed E-state index contributed by atoms with van der Waals surface area (Å²) in [7, 11) is -3.83. The molecule has 2 aromatic heterocycles. The van der Waals surface area contributed by atoms with E-state index in [9.17, 15) is 31.2 Å². The number of carbonyl (C=O) groups is 2. The van der Waals surface area contributed by atoms with Crippen LogP contribution in [0.4, 0.5) is 13.2 Å². The molecule has 3 heterocycles. The van der Waals surface area contributed by atoms with Gasteiger partial charge < -0.3 is 15.4 Å². The number of amides is 2. The van der Waals surface area contributed by atoms with Crippen molar-refractivity contribution in [2.45, 2.75) is 37.9 Å². The lowest BCUT2D eigenvalue weighted by Gasteiger charge is -2.35. The zero-order valence-electron chi connectivity index (χ0n) is 21.2. The topological polar surface area (TPSA) is 158 Å². The molecule has 3 aromatic rings. The fraction of sp³-hybridized carbons (Fsp3) is 0.360. The van der Waals surface area contributed by atoms with Crippen LogP contribution in [0.25, 0.3) is 5.82 Å². The van der Waals surface area contributed by atoms with Crippen molar-refractivity contribution in [3.63, 3.8) is 0 Å². The highest BCUT2D eigenvalue weighted by Gasteiger charge is 2.47. The Morgan fingerprint density at radius 1 is 1.27 bits per heavy atom. The van der Waals surface area contributed by atoms with Crippen LogP contribution in [0.2, 0.25) is 0 Å². The van der Waals surface area contributed by atoms with Gasteiger partial charge >= 0.3 is 6.18 Å². The predicted octanol–water partition coefficient (Wildman–Crippen LogP) is 1.66. The molecule has 1 atom stereocenters. The maximum Gasteiger partial charge on any atom is 0.422 e. The molecule has 11 nitrogen and oxygen atoms in total. The Balaban J connectivity index is 1.50. The van der Waals surface area contributed by atoms with Gasteiger partial charge in [-0.05, 0) is 54.7 Å². The first-order chi connectivity index (χ1) is 18.7. The molecule has 0 unspecified atom stereocenters. The van der Waals surface area contributed by atoms with E-state index in [2.05, 4.69) is 20.7 Å². The summed E-state index contributed by atoms with van der Waals surface area (Å²) in [6, 6.07) is 8.00. The van der Waals surface area contributed by atoms with Crippen molar-refractivity contribution in [3.8, 4) is 11.6 Å².